The van der Waals surface area contributed by atoms with Gasteiger partial charge in [-0.1, -0.05) is 12.1 Å². The maximum Gasteiger partial charge on any atom is 0.387 e. The molecule has 0 aliphatic rings. The highest BCUT2D eigenvalue weighted by molar-refractivity contribution is 14.0. The summed E-state index contributed by atoms with van der Waals surface area (Å²) in [5.74, 6) is 1.92. The third kappa shape index (κ3) is 8.74. The molecule has 7 nitrogen and oxygen atoms in total. The molecule has 1 unspecified atom stereocenters. The van der Waals surface area contributed by atoms with Gasteiger partial charge in [-0.2, -0.15) is 8.78 Å². The van der Waals surface area contributed by atoms with Crippen molar-refractivity contribution in [2.45, 2.75) is 26.2 Å². The molecular weight excluding hydrogens is 523 g/mol. The Labute approximate surface area is 197 Å². The van der Waals surface area contributed by atoms with Crippen LogP contribution in [0.4, 0.5) is 8.78 Å². The van der Waals surface area contributed by atoms with Crippen molar-refractivity contribution in [1.29, 1.82) is 0 Å². The van der Waals surface area contributed by atoms with Crippen molar-refractivity contribution >= 4 is 29.9 Å². The van der Waals surface area contributed by atoms with E-state index >= 15 is 0 Å². The van der Waals surface area contributed by atoms with E-state index in [0.29, 0.717) is 36.1 Å². The smallest absolute Gasteiger partial charge is 0.387 e. The number of aliphatic hydroxyl groups is 1. The number of methoxy groups -OCH3 is 2. The average molecular weight is 551 g/mol. The van der Waals surface area contributed by atoms with Crippen molar-refractivity contribution in [3.63, 3.8) is 0 Å². The van der Waals surface area contributed by atoms with Crippen LogP contribution in [0.25, 0.3) is 0 Å². The summed E-state index contributed by atoms with van der Waals surface area (Å²) in [7, 11) is 3.17. The fourth-order valence-electron chi connectivity index (χ4n) is 2.67. The fourth-order valence-corrected chi connectivity index (χ4v) is 2.67. The third-order valence-electron chi connectivity index (χ3n) is 4.20. The summed E-state index contributed by atoms with van der Waals surface area (Å²) in [5.41, 5.74) is 1.45. The lowest BCUT2D eigenvalue weighted by Gasteiger charge is -2.16. The third-order valence-corrected chi connectivity index (χ3v) is 4.20. The minimum Gasteiger partial charge on any atom is -0.497 e. The van der Waals surface area contributed by atoms with E-state index in [9.17, 15) is 13.9 Å². The van der Waals surface area contributed by atoms with Crippen molar-refractivity contribution in [3.8, 4) is 17.2 Å². The zero-order chi connectivity index (χ0) is 21.9. The first-order chi connectivity index (χ1) is 14.5. The number of hydrogen-bond donors (Lipinski definition) is 3. The van der Waals surface area contributed by atoms with Gasteiger partial charge >= 0.3 is 6.61 Å². The molecule has 172 valence electrons. The van der Waals surface area contributed by atoms with Crippen LogP contribution in [-0.4, -0.2) is 45.0 Å². The number of aliphatic hydroxyl groups excluding tert-OH is 1. The maximum atomic E-state index is 12.2. The molecule has 0 saturated heterocycles. The molecule has 0 aromatic heterocycles. The van der Waals surface area contributed by atoms with Crippen LogP contribution in [0.3, 0.4) is 0 Å². The van der Waals surface area contributed by atoms with Gasteiger partial charge in [0.2, 0.25) is 0 Å². The summed E-state index contributed by atoms with van der Waals surface area (Å²) in [6.07, 6.45) is -0.857. The van der Waals surface area contributed by atoms with Gasteiger partial charge in [0.1, 0.15) is 17.2 Å². The molecule has 0 bridgehead atoms. The molecule has 0 saturated carbocycles. The number of nitrogens with one attached hydrogen (secondary N) is 2. The number of ether oxygens (including phenoxy) is 3. The van der Waals surface area contributed by atoms with E-state index in [2.05, 4.69) is 20.4 Å². The molecule has 2 aromatic rings. The van der Waals surface area contributed by atoms with Gasteiger partial charge in [0.05, 0.1) is 26.9 Å². The summed E-state index contributed by atoms with van der Waals surface area (Å²) < 4.78 is 39.3. The van der Waals surface area contributed by atoms with Gasteiger partial charge in [-0.15, -0.1) is 24.0 Å². The van der Waals surface area contributed by atoms with Gasteiger partial charge in [-0.3, -0.25) is 0 Å². The van der Waals surface area contributed by atoms with E-state index in [1.54, 1.807) is 20.3 Å². The number of benzene rings is 2. The monoisotopic (exact) mass is 551 g/mol. The highest BCUT2D eigenvalue weighted by Crippen LogP contribution is 2.25. The molecule has 0 amide bonds. The number of alkyl halides is 2. The van der Waals surface area contributed by atoms with E-state index in [-0.39, 0.29) is 36.3 Å². The minimum absolute atomic E-state index is 0. The number of halogens is 3. The Morgan fingerprint density at radius 2 is 1.71 bits per heavy atom. The normalized spacial score (nSPS) is 12.0. The summed E-state index contributed by atoms with van der Waals surface area (Å²) in [6.45, 7) is 0.231. The highest BCUT2D eigenvalue weighted by atomic mass is 127. The molecule has 10 heteroatoms. The summed E-state index contributed by atoms with van der Waals surface area (Å²) in [5, 5.41) is 16.5. The second-order valence-corrected chi connectivity index (χ2v) is 6.22. The molecule has 31 heavy (non-hydrogen) atoms. The number of nitrogens with zero attached hydrogens (tertiary/aromatic N) is 1. The number of aliphatic imine (C=N–C) groups is 1. The largest absolute Gasteiger partial charge is 0.497 e. The average Bonchev–Trinajstić information content (AvgIpc) is 2.75. The SMILES string of the molecule is CCNC(=NCc1ccc(OC)cc1OC)NCC(O)c1ccc(OC(F)F)cc1.I. The molecule has 2 rings (SSSR count). The Morgan fingerprint density at radius 1 is 1.03 bits per heavy atom. The van der Waals surface area contributed by atoms with Gasteiger partial charge in [0.25, 0.3) is 0 Å². The van der Waals surface area contributed by atoms with Crippen LogP contribution in [0, 0.1) is 0 Å². The minimum atomic E-state index is -2.88. The van der Waals surface area contributed by atoms with Gasteiger partial charge in [-0.25, -0.2) is 4.99 Å². The molecule has 0 heterocycles. The second kappa shape index (κ2) is 13.9. The lowest BCUT2D eigenvalue weighted by atomic mass is 10.1. The molecule has 1 atom stereocenters. The van der Waals surface area contributed by atoms with Gasteiger partial charge in [0.15, 0.2) is 5.96 Å². The molecule has 2 aromatic carbocycles. The first-order valence-corrected chi connectivity index (χ1v) is 9.42. The maximum absolute atomic E-state index is 12.2. The van der Waals surface area contributed by atoms with Gasteiger partial charge in [0, 0.05) is 24.7 Å². The predicted molar refractivity (Wildman–Crippen MR) is 126 cm³/mol. The topological polar surface area (TPSA) is 84.3 Å². The Kier molecular flexibility index (Phi) is 11.9. The summed E-state index contributed by atoms with van der Waals surface area (Å²) in [6, 6.07) is 11.4. The molecule has 0 aliphatic heterocycles. The zero-order valence-corrected chi connectivity index (χ0v) is 19.9. The number of hydrogen-bond acceptors (Lipinski definition) is 5. The van der Waals surface area contributed by atoms with E-state index in [0.717, 1.165) is 5.56 Å². The lowest BCUT2D eigenvalue weighted by molar-refractivity contribution is -0.0498. The Morgan fingerprint density at radius 3 is 2.29 bits per heavy atom. The quantitative estimate of drug-likeness (QED) is 0.237. The van der Waals surface area contributed by atoms with Crippen LogP contribution in [0.5, 0.6) is 17.2 Å². The first-order valence-electron chi connectivity index (χ1n) is 9.42. The van der Waals surface area contributed by atoms with Crippen molar-refractivity contribution in [2.24, 2.45) is 4.99 Å². The van der Waals surface area contributed by atoms with Crippen LogP contribution in [0.2, 0.25) is 0 Å². The van der Waals surface area contributed by atoms with E-state index in [1.165, 1.54) is 24.3 Å². The Balaban J connectivity index is 0.00000480. The van der Waals surface area contributed by atoms with Crippen molar-refractivity contribution in [1.82, 2.24) is 10.6 Å². The number of guanidine groups is 1. The first kappa shape index (κ1) is 26.7. The standard InChI is InChI=1S/C21H27F2N3O4.HI/c1-4-24-21(25-12-15-7-10-17(28-2)11-19(15)29-3)26-13-18(27)14-5-8-16(9-6-14)30-20(22)23;/h5-11,18,20,27H,4,12-13H2,1-3H3,(H2,24,25,26);1H. The second-order valence-electron chi connectivity index (χ2n) is 6.22. The van der Waals surface area contributed by atoms with Gasteiger partial charge < -0.3 is 30.0 Å². The zero-order valence-electron chi connectivity index (χ0n) is 17.6. The molecule has 0 radical (unpaired) electrons. The van der Waals surface area contributed by atoms with E-state index in [1.807, 2.05) is 19.1 Å². The predicted octanol–water partition coefficient (Wildman–Crippen LogP) is 3.71. The summed E-state index contributed by atoms with van der Waals surface area (Å²) >= 11 is 0. The van der Waals surface area contributed by atoms with E-state index in [4.69, 9.17) is 9.47 Å². The van der Waals surface area contributed by atoms with Gasteiger partial charge in [-0.05, 0) is 36.8 Å². The molecule has 3 N–H and O–H groups in total. The van der Waals surface area contributed by atoms with Crippen molar-refractivity contribution < 1.29 is 28.1 Å². The molecule has 0 aliphatic carbocycles. The Hall–Kier alpha value is -2.34. The van der Waals surface area contributed by atoms with Crippen molar-refractivity contribution in [3.05, 3.63) is 53.6 Å². The number of rotatable bonds is 10. The van der Waals surface area contributed by atoms with Crippen LogP contribution in [0.15, 0.2) is 47.5 Å². The van der Waals surface area contributed by atoms with Crippen LogP contribution >= 0.6 is 24.0 Å². The van der Waals surface area contributed by atoms with Crippen molar-refractivity contribution in [2.75, 3.05) is 27.3 Å². The Bertz CT molecular complexity index is 823. The highest BCUT2D eigenvalue weighted by Gasteiger charge is 2.11. The molecule has 0 fully saturated rings. The van der Waals surface area contributed by atoms with Crippen LogP contribution < -0.4 is 24.8 Å². The lowest BCUT2D eigenvalue weighted by Crippen LogP contribution is -2.39. The summed E-state index contributed by atoms with van der Waals surface area (Å²) in [4.78, 5) is 4.52. The molecule has 0 spiro atoms. The molecular formula is C21H28F2IN3O4. The van der Waals surface area contributed by atoms with Crippen LogP contribution in [0.1, 0.15) is 24.2 Å². The fraction of sp³-hybridized carbons (Fsp3) is 0.381. The van der Waals surface area contributed by atoms with Crippen LogP contribution in [-0.2, 0) is 6.54 Å². The van der Waals surface area contributed by atoms with E-state index < -0.39 is 12.7 Å².